The van der Waals surface area contributed by atoms with E-state index in [9.17, 15) is 0 Å². The molecule has 35 heavy (non-hydrogen) atoms. The summed E-state index contributed by atoms with van der Waals surface area (Å²) in [7, 11) is 0. The van der Waals surface area contributed by atoms with Gasteiger partial charge >= 0.3 is 0 Å². The second-order valence-electron chi connectivity index (χ2n) is 10.8. The Kier molecular flexibility index (Phi) is 6.93. The second kappa shape index (κ2) is 9.77. The Balaban J connectivity index is 2.09. The summed E-state index contributed by atoms with van der Waals surface area (Å²) >= 11 is 0. The fourth-order valence-corrected chi connectivity index (χ4v) is 4.83. The smallest absolute Gasteiger partial charge is 0.170 e. The Labute approximate surface area is 210 Å². The third-order valence-corrected chi connectivity index (χ3v) is 6.56. The fourth-order valence-electron chi connectivity index (χ4n) is 4.83. The van der Waals surface area contributed by atoms with Crippen molar-refractivity contribution in [2.24, 2.45) is 0 Å². The molecular weight excluding hydrogens is 428 g/mol. The maximum Gasteiger partial charge on any atom is 0.170 e. The van der Waals surface area contributed by atoms with E-state index in [1.165, 1.54) is 33.5 Å². The minimum Gasteiger partial charge on any atom is -0.274 e. The van der Waals surface area contributed by atoms with Gasteiger partial charge in [-0.3, -0.25) is 9.55 Å². The number of rotatable bonds is 6. The van der Waals surface area contributed by atoms with Gasteiger partial charge in [0, 0.05) is 23.0 Å². The molecule has 0 amide bonds. The van der Waals surface area contributed by atoms with Crippen LogP contribution in [-0.2, 0) is 0 Å². The molecule has 0 spiro atoms. The number of nitrogens with zero attached hydrogens (tertiary/aromatic N) is 4. The van der Waals surface area contributed by atoms with Gasteiger partial charge in [-0.15, -0.1) is 10.2 Å². The molecule has 0 atom stereocenters. The molecule has 4 nitrogen and oxygen atoms in total. The van der Waals surface area contributed by atoms with E-state index in [1.807, 2.05) is 6.20 Å². The zero-order valence-corrected chi connectivity index (χ0v) is 22.6. The molecule has 0 aliphatic carbocycles. The largest absolute Gasteiger partial charge is 0.274 e. The lowest BCUT2D eigenvalue weighted by molar-refractivity contribution is 0.804. The molecule has 0 bridgehead atoms. The van der Waals surface area contributed by atoms with Gasteiger partial charge in [0.1, 0.15) is 0 Å². The Bertz CT molecular complexity index is 1290. The Morgan fingerprint density at radius 2 is 1.11 bits per heavy atom. The lowest BCUT2D eigenvalue weighted by Crippen LogP contribution is -2.11. The highest BCUT2D eigenvalue weighted by Crippen LogP contribution is 2.38. The van der Waals surface area contributed by atoms with Crippen LogP contribution in [0.2, 0.25) is 0 Å². The maximum absolute atomic E-state index is 4.79. The van der Waals surface area contributed by atoms with Gasteiger partial charge in [0.2, 0.25) is 0 Å². The molecule has 182 valence electrons. The minimum absolute atomic E-state index is 0.353. The molecule has 0 saturated carbocycles. The third kappa shape index (κ3) is 4.93. The van der Waals surface area contributed by atoms with Crippen molar-refractivity contribution in [1.82, 2.24) is 19.7 Å². The molecular formula is C31H38N4. The summed E-state index contributed by atoms with van der Waals surface area (Å²) in [6, 6.07) is 15.5. The van der Waals surface area contributed by atoms with E-state index in [4.69, 9.17) is 15.2 Å². The standard InChI is InChI=1S/C31H38N4/c1-18(2)26-15-23(9)16-27(19(3)4)29(26)35-30(24-10-11-28(20(5)6)32-17-24)33-34-31(35)25-13-21(7)12-22(8)14-25/h10-20H,1-9H3. The fraction of sp³-hybridized carbons (Fsp3) is 0.387. The number of pyridine rings is 1. The van der Waals surface area contributed by atoms with Crippen LogP contribution in [0.15, 0.2) is 48.7 Å². The first kappa shape index (κ1) is 24.8. The molecule has 4 rings (SSSR count). The van der Waals surface area contributed by atoms with Crippen molar-refractivity contribution >= 4 is 0 Å². The van der Waals surface area contributed by atoms with Crippen molar-refractivity contribution < 1.29 is 0 Å². The molecule has 2 aromatic carbocycles. The zero-order valence-electron chi connectivity index (χ0n) is 22.6. The first-order valence-electron chi connectivity index (χ1n) is 12.7. The predicted octanol–water partition coefficient (Wildman–Crippen LogP) is 8.29. The van der Waals surface area contributed by atoms with Gasteiger partial charge in [-0.05, 0) is 73.9 Å². The highest BCUT2D eigenvalue weighted by atomic mass is 15.3. The van der Waals surface area contributed by atoms with Gasteiger partial charge in [0.05, 0.1) is 5.69 Å². The van der Waals surface area contributed by atoms with Crippen molar-refractivity contribution in [2.45, 2.75) is 80.1 Å². The molecule has 0 fully saturated rings. The summed E-state index contributed by atoms with van der Waals surface area (Å²) in [5.41, 5.74) is 10.7. The summed E-state index contributed by atoms with van der Waals surface area (Å²) in [6.45, 7) is 19.9. The van der Waals surface area contributed by atoms with E-state index in [-0.39, 0.29) is 0 Å². The van der Waals surface area contributed by atoms with Gasteiger partial charge in [-0.25, -0.2) is 0 Å². The molecule has 0 unspecified atom stereocenters. The summed E-state index contributed by atoms with van der Waals surface area (Å²) in [4.78, 5) is 4.75. The highest BCUT2D eigenvalue weighted by Gasteiger charge is 2.25. The normalized spacial score (nSPS) is 11.8. The Morgan fingerprint density at radius 1 is 0.600 bits per heavy atom. The second-order valence-corrected chi connectivity index (χ2v) is 10.8. The van der Waals surface area contributed by atoms with Gasteiger partial charge in [-0.2, -0.15) is 0 Å². The first-order chi connectivity index (χ1) is 16.6. The van der Waals surface area contributed by atoms with Crippen molar-refractivity contribution in [1.29, 1.82) is 0 Å². The van der Waals surface area contributed by atoms with Gasteiger partial charge in [-0.1, -0.05) is 76.4 Å². The zero-order chi connectivity index (χ0) is 25.4. The Hall–Kier alpha value is -3.27. The molecule has 4 heteroatoms. The summed E-state index contributed by atoms with van der Waals surface area (Å²) in [6.07, 6.45) is 1.94. The van der Waals surface area contributed by atoms with Crippen molar-refractivity contribution in [3.8, 4) is 28.5 Å². The number of hydrogen-bond donors (Lipinski definition) is 0. The quantitative estimate of drug-likeness (QED) is 0.287. The highest BCUT2D eigenvalue weighted by molar-refractivity contribution is 5.70. The first-order valence-corrected chi connectivity index (χ1v) is 12.7. The average Bonchev–Trinajstić information content (AvgIpc) is 3.22. The van der Waals surface area contributed by atoms with E-state index in [1.54, 1.807) is 0 Å². The summed E-state index contributed by atoms with van der Waals surface area (Å²) in [5.74, 6) is 2.78. The molecule has 2 aromatic heterocycles. The minimum atomic E-state index is 0.353. The van der Waals surface area contributed by atoms with Crippen molar-refractivity contribution in [3.63, 3.8) is 0 Å². The lowest BCUT2D eigenvalue weighted by Gasteiger charge is -2.24. The molecule has 0 aliphatic heterocycles. The van der Waals surface area contributed by atoms with E-state index >= 15 is 0 Å². The number of aryl methyl sites for hydroxylation is 3. The van der Waals surface area contributed by atoms with Crippen molar-refractivity contribution in [3.05, 3.63) is 82.2 Å². The van der Waals surface area contributed by atoms with E-state index in [0.717, 1.165) is 28.5 Å². The van der Waals surface area contributed by atoms with Gasteiger partial charge in [0.15, 0.2) is 11.6 Å². The van der Waals surface area contributed by atoms with E-state index in [2.05, 4.69) is 109 Å². The third-order valence-electron chi connectivity index (χ3n) is 6.56. The predicted molar refractivity (Wildman–Crippen MR) is 147 cm³/mol. The molecule has 2 heterocycles. The summed E-state index contributed by atoms with van der Waals surface area (Å²) < 4.78 is 2.28. The van der Waals surface area contributed by atoms with Crippen LogP contribution in [0.3, 0.4) is 0 Å². The van der Waals surface area contributed by atoms with Crippen LogP contribution in [0.5, 0.6) is 0 Å². The number of hydrogen-bond acceptors (Lipinski definition) is 3. The van der Waals surface area contributed by atoms with E-state index in [0.29, 0.717) is 17.8 Å². The number of aromatic nitrogens is 4. The van der Waals surface area contributed by atoms with Crippen LogP contribution in [0.25, 0.3) is 28.5 Å². The molecule has 0 N–H and O–H groups in total. The van der Waals surface area contributed by atoms with Crippen LogP contribution in [-0.4, -0.2) is 19.7 Å². The molecule has 4 aromatic rings. The van der Waals surface area contributed by atoms with Gasteiger partial charge in [0.25, 0.3) is 0 Å². The van der Waals surface area contributed by atoms with Crippen molar-refractivity contribution in [2.75, 3.05) is 0 Å². The van der Waals surface area contributed by atoms with E-state index < -0.39 is 0 Å². The van der Waals surface area contributed by atoms with Crippen LogP contribution in [0.4, 0.5) is 0 Å². The van der Waals surface area contributed by atoms with Crippen LogP contribution in [0.1, 0.15) is 92.8 Å². The van der Waals surface area contributed by atoms with Crippen LogP contribution < -0.4 is 0 Å². The molecule has 0 radical (unpaired) electrons. The average molecular weight is 467 g/mol. The van der Waals surface area contributed by atoms with Crippen LogP contribution >= 0.6 is 0 Å². The maximum atomic E-state index is 4.79. The topological polar surface area (TPSA) is 43.6 Å². The lowest BCUT2D eigenvalue weighted by atomic mass is 9.90. The SMILES string of the molecule is Cc1cc(C)cc(-c2nnc(-c3ccc(C(C)C)nc3)n2-c2c(C(C)C)cc(C)cc2C(C)C)c1. The number of benzene rings is 2. The van der Waals surface area contributed by atoms with Crippen LogP contribution in [0, 0.1) is 20.8 Å². The molecule has 0 aliphatic rings. The molecule has 0 saturated heterocycles. The summed E-state index contributed by atoms with van der Waals surface area (Å²) in [5, 5.41) is 9.56. The van der Waals surface area contributed by atoms with Gasteiger partial charge < -0.3 is 0 Å². The monoisotopic (exact) mass is 466 g/mol. The Morgan fingerprint density at radius 3 is 1.57 bits per heavy atom.